The molecule has 2 rings (SSSR count). The molecule has 112 valence electrons. The van der Waals surface area contributed by atoms with Gasteiger partial charge in [0.25, 0.3) is 0 Å². The molecule has 4 heteroatoms. The van der Waals surface area contributed by atoms with E-state index >= 15 is 0 Å². The highest BCUT2D eigenvalue weighted by Gasteiger charge is 2.37. The third kappa shape index (κ3) is 3.68. The number of aliphatic hydroxyl groups is 1. The highest BCUT2D eigenvalue weighted by Crippen LogP contribution is 2.40. The van der Waals surface area contributed by atoms with Gasteiger partial charge in [-0.1, -0.05) is 26.8 Å². The molecular weight excluding hydrogens is 266 g/mol. The third-order valence-corrected chi connectivity index (χ3v) is 9.07. The molecule has 1 aromatic rings. The molecule has 1 aromatic heterocycles. The monoisotopic (exact) mass is 293 g/mol. The maximum atomic E-state index is 10.1. The number of hydrogen-bond donors (Lipinski definition) is 1. The Bertz CT molecular complexity index is 464. The van der Waals surface area contributed by atoms with Crippen LogP contribution in [0, 0.1) is 5.92 Å². The summed E-state index contributed by atoms with van der Waals surface area (Å²) in [4.78, 5) is 4.57. The molecule has 0 bridgehead atoms. The smallest absolute Gasteiger partial charge is 0.192 e. The highest BCUT2D eigenvalue weighted by molar-refractivity contribution is 6.74. The summed E-state index contributed by atoms with van der Waals surface area (Å²) in [5, 5.41) is 10.4. The Hall–Kier alpha value is -0.713. The SMILES string of the molecule is CC(C)(C)[Si](C)(C)OCc1cccc(C(O)C2CC2)n1. The number of hydrogen-bond acceptors (Lipinski definition) is 3. The van der Waals surface area contributed by atoms with E-state index in [-0.39, 0.29) is 5.04 Å². The molecule has 0 aromatic carbocycles. The quantitative estimate of drug-likeness (QED) is 0.833. The van der Waals surface area contributed by atoms with Gasteiger partial charge in [0.1, 0.15) is 0 Å². The van der Waals surface area contributed by atoms with Gasteiger partial charge in [0, 0.05) is 0 Å². The number of rotatable bonds is 5. The van der Waals surface area contributed by atoms with Crippen molar-refractivity contribution in [2.45, 2.75) is 64.5 Å². The number of aromatic nitrogens is 1. The van der Waals surface area contributed by atoms with Crippen LogP contribution >= 0.6 is 0 Å². The number of pyridine rings is 1. The molecule has 1 N–H and O–H groups in total. The maximum Gasteiger partial charge on any atom is 0.192 e. The summed E-state index contributed by atoms with van der Waals surface area (Å²) in [7, 11) is -1.74. The van der Waals surface area contributed by atoms with Crippen LogP contribution in [-0.4, -0.2) is 18.4 Å². The molecule has 0 radical (unpaired) electrons. The zero-order valence-electron chi connectivity index (χ0n) is 13.3. The lowest BCUT2D eigenvalue weighted by molar-refractivity contribution is 0.148. The van der Waals surface area contributed by atoms with Crippen LogP contribution in [0.3, 0.4) is 0 Å². The second-order valence-corrected chi connectivity index (χ2v) is 12.2. The molecular formula is C16H27NO2Si. The fourth-order valence-corrected chi connectivity index (χ4v) is 2.81. The van der Waals surface area contributed by atoms with Crippen molar-refractivity contribution in [1.82, 2.24) is 4.98 Å². The zero-order valence-corrected chi connectivity index (χ0v) is 14.3. The molecule has 0 spiro atoms. The van der Waals surface area contributed by atoms with Gasteiger partial charge in [-0.3, -0.25) is 4.98 Å². The Morgan fingerprint density at radius 1 is 1.35 bits per heavy atom. The molecule has 1 aliphatic carbocycles. The van der Waals surface area contributed by atoms with Gasteiger partial charge in [-0.2, -0.15) is 0 Å². The minimum Gasteiger partial charge on any atom is -0.411 e. The van der Waals surface area contributed by atoms with Crippen molar-refractivity contribution in [1.29, 1.82) is 0 Å². The molecule has 1 atom stereocenters. The highest BCUT2D eigenvalue weighted by atomic mass is 28.4. The maximum absolute atomic E-state index is 10.1. The summed E-state index contributed by atoms with van der Waals surface area (Å²) < 4.78 is 6.19. The second-order valence-electron chi connectivity index (χ2n) is 7.39. The van der Waals surface area contributed by atoms with Gasteiger partial charge in [-0.15, -0.1) is 0 Å². The van der Waals surface area contributed by atoms with Gasteiger partial charge in [0.15, 0.2) is 8.32 Å². The van der Waals surface area contributed by atoms with Crippen LogP contribution in [0.4, 0.5) is 0 Å². The van der Waals surface area contributed by atoms with Crippen LogP contribution in [-0.2, 0) is 11.0 Å². The summed E-state index contributed by atoms with van der Waals surface area (Å²) in [5.41, 5.74) is 1.72. The molecule has 20 heavy (non-hydrogen) atoms. The van der Waals surface area contributed by atoms with Crippen LogP contribution in [0.5, 0.6) is 0 Å². The van der Waals surface area contributed by atoms with Crippen LogP contribution in [0.25, 0.3) is 0 Å². The minimum atomic E-state index is -1.74. The number of aliphatic hydroxyl groups excluding tert-OH is 1. The van der Waals surface area contributed by atoms with E-state index in [0.717, 1.165) is 24.2 Å². The molecule has 1 heterocycles. The molecule has 1 unspecified atom stereocenters. The Morgan fingerprint density at radius 2 is 2.00 bits per heavy atom. The molecule has 1 fully saturated rings. The summed E-state index contributed by atoms with van der Waals surface area (Å²) in [6.45, 7) is 11.7. The number of nitrogens with zero attached hydrogens (tertiary/aromatic N) is 1. The van der Waals surface area contributed by atoms with Crippen molar-refractivity contribution in [3.05, 3.63) is 29.6 Å². The fourth-order valence-electron chi connectivity index (χ4n) is 1.87. The van der Waals surface area contributed by atoms with Crippen LogP contribution in [0.1, 0.15) is 51.1 Å². The van der Waals surface area contributed by atoms with Gasteiger partial charge in [-0.25, -0.2) is 0 Å². The third-order valence-electron chi connectivity index (χ3n) is 4.59. The fraction of sp³-hybridized carbons (Fsp3) is 0.688. The van der Waals surface area contributed by atoms with E-state index in [0.29, 0.717) is 12.5 Å². The van der Waals surface area contributed by atoms with E-state index in [1.165, 1.54) is 0 Å². The molecule has 1 saturated carbocycles. The first-order valence-electron chi connectivity index (χ1n) is 7.48. The van der Waals surface area contributed by atoms with Crippen LogP contribution in [0.2, 0.25) is 18.1 Å². The van der Waals surface area contributed by atoms with E-state index in [9.17, 15) is 5.11 Å². The van der Waals surface area contributed by atoms with Crippen molar-refractivity contribution in [2.75, 3.05) is 0 Å². The first kappa shape index (κ1) is 15.7. The van der Waals surface area contributed by atoms with Crippen LogP contribution < -0.4 is 0 Å². The predicted octanol–water partition coefficient (Wildman–Crippen LogP) is 4.05. The Balaban J connectivity index is 2.01. The normalized spacial score (nSPS) is 18.1. The van der Waals surface area contributed by atoms with Crippen molar-refractivity contribution in [3.63, 3.8) is 0 Å². The lowest BCUT2D eigenvalue weighted by Crippen LogP contribution is -2.40. The lowest BCUT2D eigenvalue weighted by atomic mass is 10.1. The second kappa shape index (κ2) is 5.58. The van der Waals surface area contributed by atoms with E-state index in [1.807, 2.05) is 18.2 Å². The van der Waals surface area contributed by atoms with Crippen molar-refractivity contribution < 1.29 is 9.53 Å². The summed E-state index contributed by atoms with van der Waals surface area (Å²) in [5.74, 6) is 0.416. The predicted molar refractivity (Wildman–Crippen MR) is 83.9 cm³/mol. The van der Waals surface area contributed by atoms with Gasteiger partial charge < -0.3 is 9.53 Å². The van der Waals surface area contributed by atoms with Gasteiger partial charge in [0.05, 0.1) is 24.1 Å². The summed E-state index contributed by atoms with van der Waals surface area (Å²) in [6, 6.07) is 5.87. The minimum absolute atomic E-state index is 0.206. The van der Waals surface area contributed by atoms with Gasteiger partial charge in [-0.05, 0) is 49.0 Å². The topological polar surface area (TPSA) is 42.4 Å². The average Bonchev–Trinajstić information content (AvgIpc) is 3.19. The van der Waals surface area contributed by atoms with E-state index in [1.54, 1.807) is 0 Å². The van der Waals surface area contributed by atoms with E-state index in [2.05, 4.69) is 38.8 Å². The molecule has 1 aliphatic rings. The van der Waals surface area contributed by atoms with E-state index < -0.39 is 14.4 Å². The first-order chi connectivity index (χ1) is 9.21. The average molecular weight is 293 g/mol. The largest absolute Gasteiger partial charge is 0.411 e. The molecule has 0 saturated heterocycles. The van der Waals surface area contributed by atoms with Crippen molar-refractivity contribution in [2.24, 2.45) is 5.92 Å². The van der Waals surface area contributed by atoms with Gasteiger partial charge in [0.2, 0.25) is 0 Å². The summed E-state index contributed by atoms with van der Waals surface area (Å²) in [6.07, 6.45) is 1.84. The Labute approximate surface area is 123 Å². The van der Waals surface area contributed by atoms with E-state index in [4.69, 9.17) is 4.43 Å². The van der Waals surface area contributed by atoms with Crippen LogP contribution in [0.15, 0.2) is 18.2 Å². The lowest BCUT2D eigenvalue weighted by Gasteiger charge is -2.36. The van der Waals surface area contributed by atoms with Crippen molar-refractivity contribution in [3.8, 4) is 0 Å². The Kier molecular flexibility index (Phi) is 4.37. The molecule has 3 nitrogen and oxygen atoms in total. The van der Waals surface area contributed by atoms with Gasteiger partial charge >= 0.3 is 0 Å². The summed E-state index contributed by atoms with van der Waals surface area (Å²) >= 11 is 0. The molecule has 0 amide bonds. The standard InChI is InChI=1S/C16H27NO2Si/c1-16(2,3)20(4,5)19-11-13-7-6-8-14(17-13)15(18)12-9-10-12/h6-8,12,15,18H,9-11H2,1-5H3. The van der Waals surface area contributed by atoms with Crippen molar-refractivity contribution >= 4 is 8.32 Å². The Morgan fingerprint density at radius 3 is 2.55 bits per heavy atom. The zero-order chi connectivity index (χ0) is 15.0. The molecule has 0 aliphatic heterocycles. The first-order valence-corrected chi connectivity index (χ1v) is 10.4.